The Morgan fingerprint density at radius 3 is 2.28 bits per heavy atom. The van der Waals surface area contributed by atoms with Crippen LogP contribution in [0, 0.1) is 5.92 Å². The summed E-state index contributed by atoms with van der Waals surface area (Å²) in [6.45, 7) is 6.95. The van der Waals surface area contributed by atoms with E-state index in [4.69, 9.17) is 11.6 Å². The Balaban J connectivity index is 2.30. The van der Waals surface area contributed by atoms with E-state index in [1.54, 1.807) is 6.07 Å². The molecule has 2 rings (SSSR count). The zero-order valence-electron chi connectivity index (χ0n) is 15.1. The number of hydrogen-bond donors (Lipinski definition) is 1. The number of carbonyl (C=O) groups is 1. The molecule has 25 heavy (non-hydrogen) atoms. The third kappa shape index (κ3) is 4.96. The van der Waals surface area contributed by atoms with Gasteiger partial charge in [0.2, 0.25) is 10.0 Å². The molecule has 1 atom stereocenters. The minimum Gasteiger partial charge on any atom is -0.349 e. The summed E-state index contributed by atoms with van der Waals surface area (Å²) in [5.41, 5.74) is 0.310. The molecule has 1 aromatic rings. The molecular formula is C18H27ClN2O3S. The summed E-state index contributed by atoms with van der Waals surface area (Å²) in [6, 6.07) is 4.44. The third-order valence-electron chi connectivity index (χ3n) is 4.74. The zero-order valence-corrected chi connectivity index (χ0v) is 16.7. The summed E-state index contributed by atoms with van der Waals surface area (Å²) in [6.07, 6.45) is 3.77. The quantitative estimate of drug-likeness (QED) is 0.839. The first kappa shape index (κ1) is 20.2. The molecule has 5 nitrogen and oxygen atoms in total. The van der Waals surface area contributed by atoms with Gasteiger partial charge in [-0.1, -0.05) is 38.3 Å². The van der Waals surface area contributed by atoms with Crippen LogP contribution in [-0.4, -0.2) is 37.8 Å². The average molecular weight is 387 g/mol. The van der Waals surface area contributed by atoms with Gasteiger partial charge in [-0.25, -0.2) is 8.42 Å². The number of halogens is 1. The normalized spacial score (nSPS) is 18.0. The second-order valence-corrected chi connectivity index (χ2v) is 9.28. The van der Waals surface area contributed by atoms with Gasteiger partial charge in [0.25, 0.3) is 5.91 Å². The first-order valence-electron chi connectivity index (χ1n) is 8.84. The SMILES string of the molecule is CC(C)[C@@H](C)NC(=O)c1ccc(Cl)c(S(=O)(=O)N2CCCCCC2)c1. The molecule has 0 radical (unpaired) electrons. The van der Waals surface area contributed by atoms with E-state index in [1.165, 1.54) is 16.4 Å². The van der Waals surface area contributed by atoms with Gasteiger partial charge in [-0.2, -0.15) is 4.31 Å². The van der Waals surface area contributed by atoms with Gasteiger partial charge in [-0.15, -0.1) is 0 Å². The Morgan fingerprint density at radius 2 is 1.72 bits per heavy atom. The predicted molar refractivity (Wildman–Crippen MR) is 100 cm³/mol. The highest BCUT2D eigenvalue weighted by Gasteiger charge is 2.28. The van der Waals surface area contributed by atoms with Crippen molar-refractivity contribution < 1.29 is 13.2 Å². The first-order valence-corrected chi connectivity index (χ1v) is 10.7. The maximum absolute atomic E-state index is 13.0. The highest BCUT2D eigenvalue weighted by molar-refractivity contribution is 7.89. The van der Waals surface area contributed by atoms with Gasteiger partial charge in [0.15, 0.2) is 0 Å². The Kier molecular flexibility index (Phi) is 6.88. The van der Waals surface area contributed by atoms with E-state index in [-0.39, 0.29) is 27.8 Å². The Labute approximate surface area is 155 Å². The molecule has 0 unspecified atom stereocenters. The van der Waals surface area contributed by atoms with E-state index in [0.29, 0.717) is 18.7 Å². The van der Waals surface area contributed by atoms with Gasteiger partial charge in [0.1, 0.15) is 4.90 Å². The molecule has 0 aliphatic carbocycles. The van der Waals surface area contributed by atoms with Crippen molar-refractivity contribution in [1.82, 2.24) is 9.62 Å². The lowest BCUT2D eigenvalue weighted by Gasteiger charge is -2.21. The van der Waals surface area contributed by atoms with Crippen LogP contribution in [0.15, 0.2) is 23.1 Å². The van der Waals surface area contributed by atoms with Crippen LogP contribution in [0.3, 0.4) is 0 Å². The maximum Gasteiger partial charge on any atom is 0.251 e. The molecule has 1 aliphatic rings. The highest BCUT2D eigenvalue weighted by Crippen LogP contribution is 2.27. The van der Waals surface area contributed by atoms with Crippen LogP contribution in [0.25, 0.3) is 0 Å². The molecule has 1 heterocycles. The van der Waals surface area contributed by atoms with Crippen LogP contribution in [-0.2, 0) is 10.0 Å². The predicted octanol–water partition coefficient (Wildman–Crippen LogP) is 3.68. The van der Waals surface area contributed by atoms with Crippen molar-refractivity contribution in [2.24, 2.45) is 5.92 Å². The number of carbonyl (C=O) groups excluding carboxylic acids is 1. The summed E-state index contributed by atoms with van der Waals surface area (Å²) in [4.78, 5) is 12.4. The van der Waals surface area contributed by atoms with E-state index < -0.39 is 10.0 Å². The van der Waals surface area contributed by atoms with Crippen molar-refractivity contribution in [2.75, 3.05) is 13.1 Å². The fourth-order valence-corrected chi connectivity index (χ4v) is 4.74. The van der Waals surface area contributed by atoms with Gasteiger partial charge in [0.05, 0.1) is 5.02 Å². The second kappa shape index (κ2) is 8.52. The van der Waals surface area contributed by atoms with Crippen LogP contribution in [0.2, 0.25) is 5.02 Å². The number of hydrogen-bond acceptors (Lipinski definition) is 3. The molecule has 1 saturated heterocycles. The monoisotopic (exact) mass is 386 g/mol. The second-order valence-electron chi connectivity index (χ2n) is 6.97. The standard InChI is InChI=1S/C18H27ClN2O3S/c1-13(2)14(3)20-18(22)15-8-9-16(19)17(12-15)25(23,24)21-10-6-4-5-7-11-21/h8-9,12-14H,4-7,10-11H2,1-3H3,(H,20,22)/t14-/m1/s1. The molecule has 1 aliphatic heterocycles. The topological polar surface area (TPSA) is 66.5 Å². The molecule has 1 N–H and O–H groups in total. The van der Waals surface area contributed by atoms with Gasteiger partial charge < -0.3 is 5.32 Å². The smallest absolute Gasteiger partial charge is 0.251 e. The lowest BCUT2D eigenvalue weighted by Crippen LogP contribution is -2.36. The summed E-state index contributed by atoms with van der Waals surface area (Å²) in [7, 11) is -3.70. The maximum atomic E-state index is 13.0. The Hall–Kier alpha value is -1.11. The number of nitrogens with one attached hydrogen (secondary N) is 1. The third-order valence-corrected chi connectivity index (χ3v) is 7.12. The summed E-state index contributed by atoms with van der Waals surface area (Å²) >= 11 is 6.16. The van der Waals surface area contributed by atoms with Crippen molar-refractivity contribution >= 4 is 27.5 Å². The fourth-order valence-electron chi connectivity index (χ4n) is 2.72. The number of amides is 1. The van der Waals surface area contributed by atoms with Crippen molar-refractivity contribution in [3.8, 4) is 0 Å². The molecule has 0 spiro atoms. The van der Waals surface area contributed by atoms with E-state index in [2.05, 4.69) is 5.32 Å². The van der Waals surface area contributed by atoms with Crippen LogP contribution in [0.5, 0.6) is 0 Å². The van der Waals surface area contributed by atoms with Crippen LogP contribution >= 0.6 is 11.6 Å². The number of benzene rings is 1. The number of rotatable bonds is 5. The van der Waals surface area contributed by atoms with Gasteiger partial charge in [0, 0.05) is 24.7 Å². The molecule has 1 fully saturated rings. The summed E-state index contributed by atoms with van der Waals surface area (Å²) in [5, 5.41) is 3.04. The highest BCUT2D eigenvalue weighted by atomic mass is 35.5. The Morgan fingerprint density at radius 1 is 1.12 bits per heavy atom. The molecule has 0 bridgehead atoms. The zero-order chi connectivity index (χ0) is 18.6. The lowest BCUT2D eigenvalue weighted by atomic mass is 10.1. The van der Waals surface area contributed by atoms with E-state index in [1.807, 2.05) is 20.8 Å². The van der Waals surface area contributed by atoms with Gasteiger partial charge in [-0.3, -0.25) is 4.79 Å². The number of nitrogens with zero attached hydrogens (tertiary/aromatic N) is 1. The molecule has 140 valence electrons. The van der Waals surface area contributed by atoms with Crippen molar-refractivity contribution in [3.63, 3.8) is 0 Å². The van der Waals surface area contributed by atoms with Crippen LogP contribution in [0.4, 0.5) is 0 Å². The minimum atomic E-state index is -3.70. The Bertz CT molecular complexity index is 711. The first-order chi connectivity index (χ1) is 11.7. The molecule has 1 amide bonds. The molecule has 7 heteroatoms. The van der Waals surface area contributed by atoms with Gasteiger partial charge in [-0.05, 0) is 43.9 Å². The van der Waals surface area contributed by atoms with Crippen molar-refractivity contribution in [1.29, 1.82) is 0 Å². The molecular weight excluding hydrogens is 360 g/mol. The van der Waals surface area contributed by atoms with E-state index >= 15 is 0 Å². The van der Waals surface area contributed by atoms with Crippen LogP contribution in [0.1, 0.15) is 56.8 Å². The van der Waals surface area contributed by atoms with Crippen molar-refractivity contribution in [3.05, 3.63) is 28.8 Å². The van der Waals surface area contributed by atoms with Crippen LogP contribution < -0.4 is 5.32 Å². The molecule has 1 aromatic carbocycles. The average Bonchev–Trinajstić information content (AvgIpc) is 2.84. The van der Waals surface area contributed by atoms with Gasteiger partial charge >= 0.3 is 0 Å². The molecule has 0 saturated carbocycles. The number of sulfonamides is 1. The summed E-state index contributed by atoms with van der Waals surface area (Å²) in [5.74, 6) is 0.00161. The minimum absolute atomic E-state index is 0.00570. The largest absolute Gasteiger partial charge is 0.349 e. The van der Waals surface area contributed by atoms with Crippen molar-refractivity contribution in [2.45, 2.75) is 57.4 Å². The lowest BCUT2D eigenvalue weighted by molar-refractivity contribution is 0.0930. The molecule has 0 aromatic heterocycles. The van der Waals surface area contributed by atoms with E-state index in [0.717, 1.165) is 25.7 Å². The van der Waals surface area contributed by atoms with E-state index in [9.17, 15) is 13.2 Å². The summed E-state index contributed by atoms with van der Waals surface area (Å²) < 4.78 is 27.4. The fraction of sp³-hybridized carbons (Fsp3) is 0.611.